The van der Waals surface area contributed by atoms with Gasteiger partial charge in [-0.25, -0.2) is 0 Å². The maximum absolute atomic E-state index is 8.99. The lowest BCUT2D eigenvalue weighted by molar-refractivity contribution is 0.887. The van der Waals surface area contributed by atoms with Crippen molar-refractivity contribution in [3.63, 3.8) is 0 Å². The van der Waals surface area contributed by atoms with E-state index in [-0.39, 0.29) is 0 Å². The molecule has 0 radical (unpaired) electrons. The summed E-state index contributed by atoms with van der Waals surface area (Å²) < 4.78 is 0. The summed E-state index contributed by atoms with van der Waals surface area (Å²) in [7, 11) is 0. The second kappa shape index (κ2) is 5.97. The third kappa shape index (κ3) is 2.63. The third-order valence-corrected chi connectivity index (χ3v) is 3.94. The monoisotopic (exact) mass is 314 g/mol. The molecule has 0 bridgehead atoms. The van der Waals surface area contributed by atoms with Gasteiger partial charge in [0, 0.05) is 17.9 Å². The summed E-state index contributed by atoms with van der Waals surface area (Å²) in [6.07, 6.45) is 2.55. The molecule has 0 amide bonds. The summed E-state index contributed by atoms with van der Waals surface area (Å²) in [6, 6.07) is 17.6. The fourth-order valence-electron chi connectivity index (χ4n) is 2.83. The van der Waals surface area contributed by atoms with Crippen molar-refractivity contribution in [2.45, 2.75) is 6.42 Å². The highest BCUT2D eigenvalue weighted by Crippen LogP contribution is 2.32. The zero-order valence-electron chi connectivity index (χ0n) is 12.8. The highest BCUT2D eigenvalue weighted by Gasteiger charge is 2.22. The molecular formula is C18H14N6. The standard InChI is InChI=1S/C18H14N6/c19-11-13-4-3-6-15(10-13)21-17-12-20-23-18(22-17)24-9-8-14-5-1-2-7-16(14)24/h1-7,10,12H,8-9H2,(H,21,22,23). The largest absolute Gasteiger partial charge is 0.339 e. The van der Waals surface area contributed by atoms with Crippen molar-refractivity contribution in [1.29, 1.82) is 5.26 Å². The van der Waals surface area contributed by atoms with E-state index in [1.807, 2.05) is 24.3 Å². The Morgan fingerprint density at radius 3 is 2.96 bits per heavy atom. The Bertz CT molecular complexity index is 931. The second-order valence-electron chi connectivity index (χ2n) is 5.49. The van der Waals surface area contributed by atoms with Crippen LogP contribution < -0.4 is 10.2 Å². The zero-order valence-corrected chi connectivity index (χ0v) is 12.8. The minimum atomic E-state index is 0.571. The molecule has 0 spiro atoms. The summed E-state index contributed by atoms with van der Waals surface area (Å²) in [6.45, 7) is 0.842. The van der Waals surface area contributed by atoms with Gasteiger partial charge in [0.05, 0.1) is 17.8 Å². The summed E-state index contributed by atoms with van der Waals surface area (Å²) >= 11 is 0. The third-order valence-electron chi connectivity index (χ3n) is 3.94. The van der Waals surface area contributed by atoms with Gasteiger partial charge < -0.3 is 10.2 Å². The first-order valence-corrected chi connectivity index (χ1v) is 7.66. The van der Waals surface area contributed by atoms with Gasteiger partial charge in [0.1, 0.15) is 0 Å². The molecule has 4 rings (SSSR count). The molecule has 6 heteroatoms. The Morgan fingerprint density at radius 2 is 2.04 bits per heavy atom. The summed E-state index contributed by atoms with van der Waals surface area (Å²) in [5.74, 6) is 1.17. The summed E-state index contributed by atoms with van der Waals surface area (Å²) in [4.78, 5) is 6.63. The lowest BCUT2D eigenvalue weighted by Crippen LogP contribution is -2.17. The van der Waals surface area contributed by atoms with Gasteiger partial charge in [-0.2, -0.15) is 15.3 Å². The van der Waals surface area contributed by atoms with Crippen molar-refractivity contribution in [2.24, 2.45) is 0 Å². The average Bonchev–Trinajstić information content (AvgIpc) is 3.06. The van der Waals surface area contributed by atoms with Gasteiger partial charge in [0.2, 0.25) is 0 Å². The zero-order chi connectivity index (χ0) is 16.4. The average molecular weight is 314 g/mol. The van der Waals surface area contributed by atoms with Crippen LogP contribution in [0.15, 0.2) is 54.7 Å². The van der Waals surface area contributed by atoms with Crippen LogP contribution in [0.2, 0.25) is 0 Å². The van der Waals surface area contributed by atoms with E-state index in [1.54, 1.807) is 18.3 Å². The molecular weight excluding hydrogens is 300 g/mol. The van der Waals surface area contributed by atoms with Gasteiger partial charge >= 0.3 is 0 Å². The number of aromatic nitrogens is 3. The highest BCUT2D eigenvalue weighted by atomic mass is 15.3. The summed E-state index contributed by atoms with van der Waals surface area (Å²) in [5, 5.41) is 20.4. The quantitative estimate of drug-likeness (QED) is 0.800. The Labute approximate surface area is 139 Å². The molecule has 1 N–H and O–H groups in total. The van der Waals surface area contributed by atoms with Crippen molar-refractivity contribution >= 4 is 23.1 Å². The van der Waals surface area contributed by atoms with Gasteiger partial charge in [0.15, 0.2) is 5.82 Å². The number of para-hydroxylation sites is 1. The maximum Gasteiger partial charge on any atom is 0.251 e. The van der Waals surface area contributed by atoms with Crippen molar-refractivity contribution in [3.05, 3.63) is 65.9 Å². The maximum atomic E-state index is 8.99. The van der Waals surface area contributed by atoms with Crippen LogP contribution >= 0.6 is 0 Å². The smallest absolute Gasteiger partial charge is 0.251 e. The normalized spacial score (nSPS) is 12.5. The number of hydrogen-bond donors (Lipinski definition) is 1. The molecule has 3 aromatic rings. The molecule has 1 aliphatic heterocycles. The van der Waals surface area contributed by atoms with E-state index >= 15 is 0 Å². The van der Waals surface area contributed by atoms with Crippen molar-refractivity contribution in [1.82, 2.24) is 15.2 Å². The highest BCUT2D eigenvalue weighted by molar-refractivity contribution is 5.66. The van der Waals surface area contributed by atoms with Gasteiger partial charge in [-0.05, 0) is 36.2 Å². The SMILES string of the molecule is N#Cc1cccc(Nc2cnnc(N3CCc4ccccc43)n2)c1. The Hall–Kier alpha value is -3.46. The minimum absolute atomic E-state index is 0.571. The number of benzene rings is 2. The van der Waals surface area contributed by atoms with Crippen LogP contribution in [0.3, 0.4) is 0 Å². The van der Waals surface area contributed by atoms with Gasteiger partial charge in [-0.3, -0.25) is 0 Å². The number of hydrogen-bond acceptors (Lipinski definition) is 6. The Morgan fingerprint density at radius 1 is 1.12 bits per heavy atom. The number of nitriles is 1. The molecule has 0 aliphatic carbocycles. The molecule has 0 saturated heterocycles. The fraction of sp³-hybridized carbons (Fsp3) is 0.111. The molecule has 2 aromatic carbocycles. The van der Waals surface area contributed by atoms with Crippen LogP contribution in [0.1, 0.15) is 11.1 Å². The topological polar surface area (TPSA) is 77.7 Å². The van der Waals surface area contributed by atoms with Crippen molar-refractivity contribution in [3.8, 4) is 6.07 Å². The van der Waals surface area contributed by atoms with Crippen LogP contribution in [-0.4, -0.2) is 21.7 Å². The molecule has 24 heavy (non-hydrogen) atoms. The lowest BCUT2D eigenvalue weighted by atomic mass is 10.2. The number of fused-ring (bicyclic) bond motifs is 1. The molecule has 0 fully saturated rings. The summed E-state index contributed by atoms with van der Waals surface area (Å²) in [5.41, 5.74) is 3.81. The Balaban J connectivity index is 1.62. The Kier molecular flexibility index (Phi) is 3.52. The second-order valence-corrected chi connectivity index (χ2v) is 5.49. The van der Waals surface area contributed by atoms with E-state index < -0.39 is 0 Å². The van der Waals surface area contributed by atoms with Crippen molar-refractivity contribution in [2.75, 3.05) is 16.8 Å². The molecule has 2 heterocycles. The van der Waals surface area contributed by atoms with E-state index in [0.717, 1.165) is 24.3 Å². The van der Waals surface area contributed by atoms with Gasteiger partial charge in [-0.15, -0.1) is 5.10 Å². The first-order valence-electron chi connectivity index (χ1n) is 7.66. The molecule has 116 valence electrons. The van der Waals surface area contributed by atoms with Crippen LogP contribution in [0.4, 0.5) is 23.1 Å². The van der Waals surface area contributed by atoms with E-state index in [2.05, 4.69) is 43.6 Å². The first kappa shape index (κ1) is 14.2. The fourth-order valence-corrected chi connectivity index (χ4v) is 2.83. The van der Waals surface area contributed by atoms with E-state index in [0.29, 0.717) is 17.3 Å². The molecule has 1 aromatic heterocycles. The van der Waals surface area contributed by atoms with Crippen LogP contribution in [0.25, 0.3) is 0 Å². The number of nitrogens with one attached hydrogen (secondary N) is 1. The molecule has 1 aliphatic rings. The molecule has 0 saturated carbocycles. The van der Waals surface area contributed by atoms with E-state index in [1.165, 1.54) is 5.56 Å². The number of anilines is 4. The number of nitrogens with zero attached hydrogens (tertiary/aromatic N) is 5. The predicted molar refractivity (Wildman–Crippen MR) is 91.4 cm³/mol. The lowest BCUT2D eigenvalue weighted by Gasteiger charge is -2.17. The molecule has 6 nitrogen and oxygen atoms in total. The predicted octanol–water partition coefficient (Wildman–Crippen LogP) is 3.18. The van der Waals surface area contributed by atoms with Crippen LogP contribution in [-0.2, 0) is 6.42 Å². The van der Waals surface area contributed by atoms with Crippen LogP contribution in [0, 0.1) is 11.3 Å². The molecule has 0 atom stereocenters. The van der Waals surface area contributed by atoms with Crippen molar-refractivity contribution < 1.29 is 0 Å². The van der Waals surface area contributed by atoms with Crippen LogP contribution in [0.5, 0.6) is 0 Å². The first-order chi connectivity index (χ1) is 11.8. The molecule has 0 unspecified atom stereocenters. The van der Waals surface area contributed by atoms with Gasteiger partial charge in [-0.1, -0.05) is 24.3 Å². The number of rotatable bonds is 3. The van der Waals surface area contributed by atoms with E-state index in [4.69, 9.17) is 5.26 Å². The van der Waals surface area contributed by atoms with Gasteiger partial charge in [0.25, 0.3) is 5.95 Å². The minimum Gasteiger partial charge on any atom is -0.339 e. The van der Waals surface area contributed by atoms with E-state index in [9.17, 15) is 0 Å².